The van der Waals surface area contributed by atoms with Crippen molar-refractivity contribution in [2.75, 3.05) is 42.5 Å². The number of aliphatic carboxylic acids is 2. The van der Waals surface area contributed by atoms with E-state index in [-0.39, 0.29) is 5.91 Å². The van der Waals surface area contributed by atoms with Crippen LogP contribution in [0.3, 0.4) is 0 Å². The molecular weight excluding hydrogens is 506 g/mol. The fourth-order valence-electron chi connectivity index (χ4n) is 4.97. The largest absolute Gasteiger partial charge is 0.473 e. The van der Waals surface area contributed by atoms with Gasteiger partial charge in [-0.15, -0.1) is 0 Å². The number of carboxylic acids is 2. The Kier molecular flexibility index (Phi) is 9.70. The van der Waals surface area contributed by atoms with Crippen molar-refractivity contribution >= 4 is 35.3 Å². The first-order chi connectivity index (χ1) is 19.3. The summed E-state index contributed by atoms with van der Waals surface area (Å²) in [5.41, 5.74) is 7.36. The third-order valence-corrected chi connectivity index (χ3v) is 7.08. The van der Waals surface area contributed by atoms with Gasteiger partial charge in [0, 0.05) is 50.5 Å². The summed E-state index contributed by atoms with van der Waals surface area (Å²) in [7, 11) is 0. The molecule has 208 valence electrons. The van der Waals surface area contributed by atoms with Crippen LogP contribution in [0.2, 0.25) is 0 Å². The number of fused-ring (bicyclic) bond motifs is 1. The summed E-state index contributed by atoms with van der Waals surface area (Å²) in [6, 6.07) is 25.6. The van der Waals surface area contributed by atoms with Crippen LogP contribution in [-0.4, -0.2) is 65.7 Å². The van der Waals surface area contributed by atoms with E-state index in [4.69, 9.17) is 19.8 Å². The van der Waals surface area contributed by atoms with Crippen LogP contribution in [-0.2, 0) is 27.3 Å². The number of nitrogens with zero attached hydrogens (tertiary/aromatic N) is 3. The van der Waals surface area contributed by atoms with E-state index in [0.717, 1.165) is 50.4 Å². The topological polar surface area (TPSA) is 101 Å². The first kappa shape index (κ1) is 28.6. The molecule has 0 saturated carbocycles. The highest BCUT2D eigenvalue weighted by atomic mass is 16.4. The molecule has 0 spiro atoms. The van der Waals surface area contributed by atoms with E-state index in [2.05, 4.69) is 83.5 Å². The number of aryl methyl sites for hydroxylation is 2. The second kappa shape index (κ2) is 13.6. The Morgan fingerprint density at radius 1 is 0.850 bits per heavy atom. The van der Waals surface area contributed by atoms with Gasteiger partial charge in [-0.2, -0.15) is 0 Å². The highest BCUT2D eigenvalue weighted by molar-refractivity contribution is 6.27. The molecule has 3 aromatic rings. The molecule has 1 amide bonds. The molecule has 1 fully saturated rings. The average molecular weight is 542 g/mol. The molecule has 0 radical (unpaired) electrons. The zero-order valence-electron chi connectivity index (χ0n) is 22.7. The molecular formula is C32H35N3O5. The number of hydrogen-bond acceptors (Lipinski definition) is 5. The van der Waals surface area contributed by atoms with Crippen LogP contribution in [0, 0.1) is 6.92 Å². The minimum atomic E-state index is -1.82. The minimum Gasteiger partial charge on any atom is -0.473 e. The van der Waals surface area contributed by atoms with Gasteiger partial charge in [0.15, 0.2) is 0 Å². The molecule has 0 aromatic heterocycles. The van der Waals surface area contributed by atoms with E-state index in [1.54, 1.807) is 0 Å². The first-order valence-corrected chi connectivity index (χ1v) is 13.4. The van der Waals surface area contributed by atoms with Gasteiger partial charge in [0.2, 0.25) is 5.91 Å². The van der Waals surface area contributed by atoms with Gasteiger partial charge >= 0.3 is 11.9 Å². The third-order valence-electron chi connectivity index (χ3n) is 7.08. The number of anilines is 2. The molecule has 40 heavy (non-hydrogen) atoms. The van der Waals surface area contributed by atoms with Crippen LogP contribution in [0.15, 0.2) is 78.9 Å². The summed E-state index contributed by atoms with van der Waals surface area (Å²) in [6.45, 7) is 8.07. The Balaban J connectivity index is 0.000000557. The summed E-state index contributed by atoms with van der Waals surface area (Å²) >= 11 is 0. The van der Waals surface area contributed by atoms with Crippen molar-refractivity contribution in [3.8, 4) is 0 Å². The van der Waals surface area contributed by atoms with Gasteiger partial charge in [-0.1, -0.05) is 60.7 Å². The second-order valence-corrected chi connectivity index (χ2v) is 9.99. The molecule has 8 heteroatoms. The van der Waals surface area contributed by atoms with Gasteiger partial charge < -0.3 is 20.0 Å². The number of benzene rings is 3. The van der Waals surface area contributed by atoms with Crippen LogP contribution in [0.4, 0.5) is 11.4 Å². The molecule has 0 aliphatic carbocycles. The third kappa shape index (κ3) is 7.80. The van der Waals surface area contributed by atoms with Gasteiger partial charge in [-0.05, 0) is 59.9 Å². The first-order valence-electron chi connectivity index (χ1n) is 13.4. The Morgan fingerprint density at radius 3 is 2.25 bits per heavy atom. The van der Waals surface area contributed by atoms with E-state index in [9.17, 15) is 4.79 Å². The van der Waals surface area contributed by atoms with Gasteiger partial charge in [0.05, 0.1) is 6.54 Å². The van der Waals surface area contributed by atoms with Gasteiger partial charge in [0.25, 0.3) is 0 Å². The number of carboxylic acid groups (broad SMARTS) is 2. The lowest BCUT2D eigenvalue weighted by Crippen LogP contribution is -2.46. The SMILES string of the molecule is Cc1cccc(N2CCN(CC=Cc3ccc4c(c3)CCC(=O)N4Cc3ccccc3)CC2)c1.O=C(O)C(=O)O. The van der Waals surface area contributed by atoms with Crippen LogP contribution in [0.1, 0.15) is 28.7 Å². The molecule has 0 atom stereocenters. The average Bonchev–Trinajstić information content (AvgIpc) is 2.96. The lowest BCUT2D eigenvalue weighted by atomic mass is 9.98. The fourth-order valence-corrected chi connectivity index (χ4v) is 4.97. The summed E-state index contributed by atoms with van der Waals surface area (Å²) in [4.78, 5) is 37.8. The zero-order valence-corrected chi connectivity index (χ0v) is 22.7. The van der Waals surface area contributed by atoms with Crippen LogP contribution < -0.4 is 9.80 Å². The summed E-state index contributed by atoms with van der Waals surface area (Å²) < 4.78 is 0. The van der Waals surface area contributed by atoms with Crippen molar-refractivity contribution in [1.29, 1.82) is 0 Å². The monoisotopic (exact) mass is 541 g/mol. The number of amides is 1. The Morgan fingerprint density at radius 2 is 1.57 bits per heavy atom. The maximum Gasteiger partial charge on any atom is 0.414 e. The van der Waals surface area contributed by atoms with Crippen molar-refractivity contribution < 1.29 is 24.6 Å². The predicted molar refractivity (Wildman–Crippen MR) is 157 cm³/mol. The number of hydrogen-bond donors (Lipinski definition) is 2. The molecule has 2 aliphatic heterocycles. The second-order valence-electron chi connectivity index (χ2n) is 9.99. The lowest BCUT2D eigenvalue weighted by Gasteiger charge is -2.35. The van der Waals surface area contributed by atoms with Gasteiger partial charge in [0.1, 0.15) is 0 Å². The van der Waals surface area contributed by atoms with Gasteiger partial charge in [-0.25, -0.2) is 9.59 Å². The standard InChI is InChI=1S/C30H33N3O.C2H2O4/c1-24-7-5-11-28(21-24)32-19-17-31(18-20-32)16-6-10-25-12-14-29-27(22-25)13-15-30(34)33(29)23-26-8-3-2-4-9-26;3-1(4)2(5)6/h2-12,14,21-22H,13,15-20,23H2,1H3;(H,3,4)(H,5,6). The quantitative estimate of drug-likeness (QED) is 0.444. The normalized spacial score (nSPS) is 15.4. The van der Waals surface area contributed by atoms with E-state index < -0.39 is 11.9 Å². The summed E-state index contributed by atoms with van der Waals surface area (Å²) in [5, 5.41) is 14.8. The van der Waals surface area contributed by atoms with Crippen LogP contribution in [0.5, 0.6) is 0 Å². The maximum atomic E-state index is 12.6. The molecule has 2 N–H and O–H groups in total. The number of carbonyl (C=O) groups is 3. The lowest BCUT2D eigenvalue weighted by molar-refractivity contribution is -0.159. The van der Waals surface area contributed by atoms with Crippen molar-refractivity contribution in [2.24, 2.45) is 0 Å². The van der Waals surface area contributed by atoms with Crippen LogP contribution >= 0.6 is 0 Å². The molecule has 5 rings (SSSR count). The van der Waals surface area contributed by atoms with Crippen molar-refractivity contribution in [2.45, 2.75) is 26.3 Å². The molecule has 8 nitrogen and oxygen atoms in total. The van der Waals surface area contributed by atoms with Crippen molar-refractivity contribution in [1.82, 2.24) is 4.90 Å². The fraction of sp³-hybridized carbons (Fsp3) is 0.281. The number of piperazine rings is 1. The molecule has 2 aliphatic rings. The van der Waals surface area contributed by atoms with E-state index >= 15 is 0 Å². The van der Waals surface area contributed by atoms with Crippen LogP contribution in [0.25, 0.3) is 6.08 Å². The predicted octanol–water partition coefficient (Wildman–Crippen LogP) is 4.47. The summed E-state index contributed by atoms with van der Waals surface area (Å²) in [6.07, 6.45) is 5.91. The number of rotatable bonds is 6. The highest BCUT2D eigenvalue weighted by Gasteiger charge is 2.24. The van der Waals surface area contributed by atoms with Crippen molar-refractivity contribution in [3.05, 3.63) is 101 Å². The Bertz CT molecular complexity index is 1350. The number of carbonyl (C=O) groups excluding carboxylic acids is 1. The van der Waals surface area contributed by atoms with E-state index in [1.807, 2.05) is 23.1 Å². The zero-order chi connectivity index (χ0) is 28.5. The maximum absolute atomic E-state index is 12.6. The van der Waals surface area contributed by atoms with Gasteiger partial charge in [-0.3, -0.25) is 9.69 Å². The van der Waals surface area contributed by atoms with E-state index in [0.29, 0.717) is 13.0 Å². The minimum absolute atomic E-state index is 0.212. The molecule has 1 saturated heterocycles. The molecule has 0 bridgehead atoms. The molecule has 2 heterocycles. The molecule has 0 unspecified atom stereocenters. The summed E-state index contributed by atoms with van der Waals surface area (Å²) in [5.74, 6) is -3.44. The molecule has 3 aromatic carbocycles. The van der Waals surface area contributed by atoms with E-state index in [1.165, 1.54) is 22.4 Å². The highest BCUT2D eigenvalue weighted by Crippen LogP contribution is 2.30. The van der Waals surface area contributed by atoms with Crippen molar-refractivity contribution in [3.63, 3.8) is 0 Å². The Labute approximate surface area is 234 Å². The Hall–Kier alpha value is -4.43. The smallest absolute Gasteiger partial charge is 0.414 e.